The third-order valence-corrected chi connectivity index (χ3v) is 16.5. The van der Waals surface area contributed by atoms with Crippen LogP contribution in [0.25, 0.3) is 0 Å². The SMILES string of the molecule is CCCCC/C=C\C/C=C\CCCCCCCCCCCCCCCCCCCC(=O)OC(/C=C\CCCCCCCCCCCCC)C(COP(=O)([O-])OCC[N+](C)(C)C)NC(=O)CCCCCCCCCCCCCCC. The van der Waals surface area contributed by atoms with Crippen molar-refractivity contribution < 1.29 is 37.3 Å². The molecular weight excluding hydrogens is 1000 g/mol. The van der Waals surface area contributed by atoms with Gasteiger partial charge in [0.1, 0.15) is 19.3 Å². The van der Waals surface area contributed by atoms with Gasteiger partial charge in [0.05, 0.1) is 33.8 Å². The zero-order valence-corrected chi connectivity index (χ0v) is 54.2. The lowest BCUT2D eigenvalue weighted by molar-refractivity contribution is -0.870. The van der Waals surface area contributed by atoms with Gasteiger partial charge < -0.3 is 28.5 Å². The number of allylic oxidation sites excluding steroid dienone is 5. The van der Waals surface area contributed by atoms with Crippen molar-refractivity contribution in [3.63, 3.8) is 0 Å². The Morgan fingerprint density at radius 1 is 0.443 bits per heavy atom. The van der Waals surface area contributed by atoms with E-state index in [1.54, 1.807) is 0 Å². The summed E-state index contributed by atoms with van der Waals surface area (Å²) in [5, 5.41) is 3.04. The van der Waals surface area contributed by atoms with Crippen LogP contribution in [-0.2, 0) is 27.9 Å². The molecule has 0 aliphatic rings. The fraction of sp³-hybridized carbons (Fsp3) is 0.884. The average Bonchev–Trinajstić information content (AvgIpc) is 3.41. The van der Waals surface area contributed by atoms with Gasteiger partial charge in [0.15, 0.2) is 0 Å². The fourth-order valence-corrected chi connectivity index (χ4v) is 11.0. The Balaban J connectivity index is 4.99. The molecule has 9 nitrogen and oxygen atoms in total. The molecule has 0 saturated carbocycles. The number of nitrogens with zero attached hydrogens (tertiary/aromatic N) is 1. The Labute approximate surface area is 491 Å². The first-order chi connectivity index (χ1) is 38.4. The van der Waals surface area contributed by atoms with Gasteiger partial charge in [0.25, 0.3) is 7.82 Å². The first-order valence-corrected chi connectivity index (χ1v) is 35.8. The molecule has 0 radical (unpaired) electrons. The smallest absolute Gasteiger partial charge is 0.306 e. The zero-order chi connectivity index (χ0) is 57.9. The van der Waals surface area contributed by atoms with Gasteiger partial charge in [0, 0.05) is 12.8 Å². The Morgan fingerprint density at radius 2 is 0.772 bits per heavy atom. The van der Waals surface area contributed by atoms with Gasteiger partial charge in [-0.25, -0.2) is 0 Å². The third kappa shape index (κ3) is 60.6. The van der Waals surface area contributed by atoms with Crippen molar-refractivity contribution in [2.45, 2.75) is 354 Å². The number of carbonyl (C=O) groups is 2. The number of quaternary nitrogens is 1. The summed E-state index contributed by atoms with van der Waals surface area (Å²) < 4.78 is 30.4. The first kappa shape index (κ1) is 77.2. The summed E-state index contributed by atoms with van der Waals surface area (Å²) in [6.45, 7) is 6.87. The third-order valence-electron chi connectivity index (χ3n) is 15.6. The molecule has 0 rings (SSSR count). The van der Waals surface area contributed by atoms with Gasteiger partial charge in [-0.15, -0.1) is 0 Å². The summed E-state index contributed by atoms with van der Waals surface area (Å²) in [5.74, 6) is -0.522. The summed E-state index contributed by atoms with van der Waals surface area (Å²) in [6, 6.07) is -0.883. The van der Waals surface area contributed by atoms with E-state index in [9.17, 15) is 19.0 Å². The number of nitrogens with one attached hydrogen (secondary N) is 1. The highest BCUT2D eigenvalue weighted by Crippen LogP contribution is 2.38. The van der Waals surface area contributed by atoms with Gasteiger partial charge in [-0.1, -0.05) is 302 Å². The van der Waals surface area contributed by atoms with Crippen LogP contribution in [0.3, 0.4) is 0 Å². The molecule has 1 amide bonds. The monoisotopic (exact) mass is 1130 g/mol. The minimum Gasteiger partial charge on any atom is -0.756 e. The van der Waals surface area contributed by atoms with Crippen LogP contribution >= 0.6 is 7.82 Å². The van der Waals surface area contributed by atoms with E-state index in [1.807, 2.05) is 33.3 Å². The Bertz CT molecular complexity index is 1450. The van der Waals surface area contributed by atoms with E-state index in [1.165, 1.54) is 244 Å². The number of unbranched alkanes of at least 4 members (excludes halogenated alkanes) is 43. The van der Waals surface area contributed by atoms with Gasteiger partial charge in [-0.3, -0.25) is 14.2 Å². The highest BCUT2D eigenvalue weighted by Gasteiger charge is 2.27. The van der Waals surface area contributed by atoms with Gasteiger partial charge in [-0.2, -0.15) is 0 Å². The van der Waals surface area contributed by atoms with Crippen LogP contribution in [0, 0.1) is 0 Å². The molecule has 1 N–H and O–H groups in total. The van der Waals surface area contributed by atoms with Gasteiger partial charge in [0.2, 0.25) is 5.91 Å². The number of phosphoric acid groups is 1. The van der Waals surface area contributed by atoms with Crippen molar-refractivity contribution in [1.82, 2.24) is 5.32 Å². The number of carbonyl (C=O) groups excluding carboxylic acids is 2. The van der Waals surface area contributed by atoms with E-state index < -0.39 is 20.0 Å². The van der Waals surface area contributed by atoms with Crippen molar-refractivity contribution in [3.05, 3.63) is 36.5 Å². The number of phosphoric ester groups is 1. The summed E-state index contributed by atoms with van der Waals surface area (Å²) >= 11 is 0. The van der Waals surface area contributed by atoms with E-state index in [4.69, 9.17) is 13.8 Å². The lowest BCUT2D eigenvalue weighted by atomic mass is 10.0. The lowest BCUT2D eigenvalue weighted by Gasteiger charge is -2.30. The summed E-state index contributed by atoms with van der Waals surface area (Å²) in [7, 11) is 1.20. The maximum Gasteiger partial charge on any atom is 0.306 e. The van der Waals surface area contributed by atoms with E-state index in [2.05, 4.69) is 50.4 Å². The van der Waals surface area contributed by atoms with Crippen LogP contribution in [0.2, 0.25) is 0 Å². The van der Waals surface area contributed by atoms with Crippen LogP contribution < -0.4 is 10.2 Å². The van der Waals surface area contributed by atoms with Crippen molar-refractivity contribution in [2.24, 2.45) is 0 Å². The zero-order valence-electron chi connectivity index (χ0n) is 53.3. The van der Waals surface area contributed by atoms with Crippen LogP contribution in [0.5, 0.6) is 0 Å². The van der Waals surface area contributed by atoms with E-state index in [-0.39, 0.29) is 31.5 Å². The maximum absolute atomic E-state index is 13.5. The molecule has 0 aromatic carbocycles. The van der Waals surface area contributed by atoms with Crippen LogP contribution in [0.4, 0.5) is 0 Å². The largest absolute Gasteiger partial charge is 0.756 e. The number of rotatable bonds is 63. The lowest BCUT2D eigenvalue weighted by Crippen LogP contribution is -2.47. The van der Waals surface area contributed by atoms with Crippen LogP contribution in [-0.4, -0.2) is 69.4 Å². The molecule has 79 heavy (non-hydrogen) atoms. The number of esters is 1. The highest BCUT2D eigenvalue weighted by molar-refractivity contribution is 7.45. The Kier molecular flexibility index (Phi) is 58.1. The molecule has 0 saturated heterocycles. The second kappa shape index (κ2) is 59.4. The normalized spacial score (nSPS) is 13.8. The van der Waals surface area contributed by atoms with E-state index in [0.29, 0.717) is 17.4 Å². The Morgan fingerprint density at radius 3 is 1.16 bits per heavy atom. The molecular formula is C69H133N2O7P. The molecule has 0 aromatic heterocycles. The minimum absolute atomic E-state index is 0.0187. The predicted molar refractivity (Wildman–Crippen MR) is 340 cm³/mol. The topological polar surface area (TPSA) is 114 Å². The molecule has 0 aliphatic heterocycles. The molecule has 0 fully saturated rings. The first-order valence-electron chi connectivity index (χ1n) is 34.3. The molecule has 0 bridgehead atoms. The summed E-state index contributed by atoms with van der Waals surface area (Å²) in [4.78, 5) is 40.1. The van der Waals surface area contributed by atoms with Gasteiger partial charge in [-0.05, 0) is 63.9 Å². The molecule has 466 valence electrons. The maximum atomic E-state index is 13.5. The van der Waals surface area contributed by atoms with Crippen molar-refractivity contribution in [1.29, 1.82) is 0 Å². The molecule has 3 unspecified atom stereocenters. The van der Waals surface area contributed by atoms with Crippen molar-refractivity contribution in [3.8, 4) is 0 Å². The molecule has 0 spiro atoms. The predicted octanol–water partition coefficient (Wildman–Crippen LogP) is 20.8. The molecule has 0 aliphatic carbocycles. The standard InChI is InChI=1S/C69H133N2O7P/c1-7-10-13-16-19-22-25-28-29-30-31-32-33-34-35-36-37-38-39-40-41-44-47-50-53-56-59-62-69(73)78-67(60-57-54-51-48-45-42-26-23-20-17-14-11-8-2)66(65-77-79(74,75)76-64-63-71(4,5)6)70-68(72)61-58-55-52-49-46-43-27-24-21-18-15-12-9-3/h19,22,28-29,57,60,66-67H,7-18,20-21,23-27,30-56,58-59,61-65H2,1-6H3,(H-,70,72,74,75)/b22-19-,29-28-,60-57-. The minimum atomic E-state index is -4.69. The summed E-state index contributed by atoms with van der Waals surface area (Å²) in [5.41, 5.74) is 0. The van der Waals surface area contributed by atoms with E-state index in [0.717, 1.165) is 64.2 Å². The fourth-order valence-electron chi connectivity index (χ4n) is 10.3. The second-order valence-corrected chi connectivity index (χ2v) is 26.1. The van der Waals surface area contributed by atoms with Crippen LogP contribution in [0.1, 0.15) is 342 Å². The molecule has 3 atom stereocenters. The number of hydrogen-bond acceptors (Lipinski definition) is 7. The molecule has 10 heteroatoms. The number of ether oxygens (including phenoxy) is 1. The number of amides is 1. The Hall–Kier alpha value is -1.77. The van der Waals surface area contributed by atoms with Gasteiger partial charge >= 0.3 is 5.97 Å². The quantitative estimate of drug-likeness (QED) is 0.0212. The van der Waals surface area contributed by atoms with Crippen LogP contribution in [0.15, 0.2) is 36.5 Å². The molecule has 0 aromatic rings. The number of likely N-dealkylation sites (N-methyl/N-ethyl adjacent to an activating group) is 1. The van der Waals surface area contributed by atoms with Crippen molar-refractivity contribution in [2.75, 3.05) is 40.9 Å². The highest BCUT2D eigenvalue weighted by atomic mass is 31.2. The van der Waals surface area contributed by atoms with E-state index >= 15 is 0 Å². The number of hydrogen-bond donors (Lipinski definition) is 1. The van der Waals surface area contributed by atoms with Crippen molar-refractivity contribution >= 4 is 19.7 Å². The average molecular weight is 1130 g/mol. The summed E-state index contributed by atoms with van der Waals surface area (Å²) in [6.07, 6.45) is 72.7. The second-order valence-electron chi connectivity index (χ2n) is 24.7. The molecule has 0 heterocycles.